The van der Waals surface area contributed by atoms with Crippen LogP contribution in [0.25, 0.3) is 11.2 Å². The number of fused-ring (bicyclic) bond motifs is 2. The van der Waals surface area contributed by atoms with Crippen LogP contribution in [0.15, 0.2) is 40.4 Å². The number of nitrogens with zero attached hydrogens (tertiary/aromatic N) is 8. The molecule has 170 valence electrons. The fourth-order valence-electron chi connectivity index (χ4n) is 4.67. The topological polar surface area (TPSA) is 108 Å². The maximum absolute atomic E-state index is 13.0. The molecule has 4 aromatic heterocycles. The molecule has 2 atom stereocenters. The van der Waals surface area contributed by atoms with E-state index >= 15 is 0 Å². The lowest BCUT2D eigenvalue weighted by atomic mass is 10.2. The Morgan fingerprint density at radius 2 is 1.91 bits per heavy atom. The van der Waals surface area contributed by atoms with Crippen molar-refractivity contribution in [3.05, 3.63) is 58.7 Å². The van der Waals surface area contributed by atoms with Crippen molar-refractivity contribution in [2.45, 2.75) is 18.6 Å². The lowest BCUT2D eigenvalue weighted by Gasteiger charge is -2.22. The molecule has 0 bridgehead atoms. The summed E-state index contributed by atoms with van der Waals surface area (Å²) in [5.41, 5.74) is 0.207. The number of piperidine rings is 1. The van der Waals surface area contributed by atoms with Crippen molar-refractivity contribution in [1.82, 2.24) is 34.2 Å². The van der Waals surface area contributed by atoms with E-state index in [0.29, 0.717) is 41.7 Å². The molecule has 1 saturated heterocycles. The molecule has 1 aliphatic carbocycles. The minimum atomic E-state index is -4.42. The third-order valence-corrected chi connectivity index (χ3v) is 6.40. The molecule has 0 radical (unpaired) electrons. The number of aromatic nitrogens is 7. The van der Waals surface area contributed by atoms with Crippen molar-refractivity contribution in [3.8, 4) is 0 Å². The van der Waals surface area contributed by atoms with E-state index in [9.17, 15) is 18.0 Å². The Labute approximate surface area is 183 Å². The summed E-state index contributed by atoms with van der Waals surface area (Å²) in [5.74, 6) is 1.41. The van der Waals surface area contributed by atoms with Crippen molar-refractivity contribution < 1.29 is 17.7 Å². The van der Waals surface area contributed by atoms with Gasteiger partial charge < -0.3 is 14.0 Å². The molecular weight excluding hydrogens is 441 g/mol. The quantitative estimate of drug-likeness (QED) is 0.456. The molecule has 10 nitrogen and oxygen atoms in total. The highest BCUT2D eigenvalue weighted by atomic mass is 19.4. The van der Waals surface area contributed by atoms with E-state index in [1.807, 2.05) is 4.90 Å². The summed E-state index contributed by atoms with van der Waals surface area (Å²) < 4.78 is 47.3. The van der Waals surface area contributed by atoms with Gasteiger partial charge >= 0.3 is 6.18 Å². The highest BCUT2D eigenvalue weighted by molar-refractivity contribution is 5.68. The molecule has 4 aromatic rings. The summed E-state index contributed by atoms with van der Waals surface area (Å²) in [5, 5.41) is 4.08. The summed E-state index contributed by atoms with van der Waals surface area (Å²) >= 11 is 0. The van der Waals surface area contributed by atoms with Crippen LogP contribution in [0.3, 0.4) is 0 Å². The lowest BCUT2D eigenvalue weighted by molar-refractivity contribution is -0.137. The zero-order valence-electron chi connectivity index (χ0n) is 17.3. The Morgan fingerprint density at radius 3 is 2.67 bits per heavy atom. The number of pyridine rings is 1. The number of rotatable bonds is 4. The summed E-state index contributed by atoms with van der Waals surface area (Å²) in [7, 11) is 1.72. The molecule has 0 aromatic carbocycles. The van der Waals surface area contributed by atoms with Crippen LogP contribution in [0, 0.1) is 11.8 Å². The minimum absolute atomic E-state index is 0.0873. The van der Waals surface area contributed by atoms with E-state index < -0.39 is 11.7 Å². The average Bonchev–Trinajstić information content (AvgIpc) is 3.20. The van der Waals surface area contributed by atoms with Crippen molar-refractivity contribution >= 4 is 16.9 Å². The first kappa shape index (κ1) is 19.9. The standard InChI is InChI=1S/C20H17F3N8O2/c1-29-8-25-18-16(29)19(32)31(9-26-18)7-14-27-17(28-33-14)15-12-5-30(6-13(12)15)11-2-10(3-24-4-11)20(21,22)23/h2-4,8-9,12-13,15H,5-7H2,1H3. The summed E-state index contributed by atoms with van der Waals surface area (Å²) in [6, 6.07) is 1.13. The van der Waals surface area contributed by atoms with Crippen LogP contribution in [-0.2, 0) is 19.8 Å². The van der Waals surface area contributed by atoms with Gasteiger partial charge in [-0.2, -0.15) is 18.2 Å². The maximum Gasteiger partial charge on any atom is 0.417 e. The van der Waals surface area contributed by atoms with Crippen LogP contribution in [0.4, 0.5) is 18.9 Å². The zero-order valence-corrected chi connectivity index (χ0v) is 17.3. The number of halogens is 3. The Balaban J connectivity index is 1.15. The van der Waals surface area contributed by atoms with Gasteiger partial charge in [-0.15, -0.1) is 0 Å². The average molecular weight is 458 g/mol. The Kier molecular flexibility index (Phi) is 4.13. The molecular formula is C20H17F3N8O2. The van der Waals surface area contributed by atoms with Crippen LogP contribution >= 0.6 is 0 Å². The highest BCUT2D eigenvalue weighted by Crippen LogP contribution is 2.58. The fourth-order valence-corrected chi connectivity index (χ4v) is 4.67. The van der Waals surface area contributed by atoms with Gasteiger partial charge in [0.1, 0.15) is 12.9 Å². The second-order valence-corrected chi connectivity index (χ2v) is 8.44. The number of imidazole rings is 1. The van der Waals surface area contributed by atoms with E-state index in [1.165, 1.54) is 23.4 Å². The molecule has 2 aliphatic rings. The monoisotopic (exact) mass is 458 g/mol. The van der Waals surface area contributed by atoms with Gasteiger partial charge in [-0.1, -0.05) is 5.16 Å². The minimum Gasteiger partial charge on any atom is -0.370 e. The second-order valence-electron chi connectivity index (χ2n) is 8.44. The summed E-state index contributed by atoms with van der Waals surface area (Å²) in [4.78, 5) is 31.0. The number of anilines is 1. The van der Waals surface area contributed by atoms with E-state index in [2.05, 4.69) is 25.1 Å². The smallest absolute Gasteiger partial charge is 0.370 e. The number of hydrogen-bond acceptors (Lipinski definition) is 8. The first-order valence-electron chi connectivity index (χ1n) is 10.3. The fraction of sp³-hybridized carbons (Fsp3) is 0.400. The van der Waals surface area contributed by atoms with Crippen LogP contribution in [0.1, 0.15) is 23.2 Å². The molecule has 0 N–H and O–H groups in total. The van der Waals surface area contributed by atoms with E-state index in [4.69, 9.17) is 4.52 Å². The third kappa shape index (κ3) is 3.26. The molecule has 6 rings (SSSR count). The van der Waals surface area contributed by atoms with Crippen molar-refractivity contribution in [2.24, 2.45) is 18.9 Å². The molecule has 1 aliphatic heterocycles. The van der Waals surface area contributed by atoms with Gasteiger partial charge in [-0.25, -0.2) is 9.97 Å². The molecule has 2 fully saturated rings. The number of aryl methyl sites for hydroxylation is 1. The van der Waals surface area contributed by atoms with Gasteiger partial charge in [0.2, 0.25) is 5.89 Å². The van der Waals surface area contributed by atoms with Gasteiger partial charge in [0.05, 0.1) is 23.8 Å². The van der Waals surface area contributed by atoms with Gasteiger partial charge in [0, 0.05) is 32.3 Å². The van der Waals surface area contributed by atoms with Gasteiger partial charge in [-0.05, 0) is 17.9 Å². The molecule has 33 heavy (non-hydrogen) atoms. The van der Waals surface area contributed by atoms with Crippen LogP contribution in [0.2, 0.25) is 0 Å². The molecule has 5 heterocycles. The SMILES string of the molecule is Cn1cnc2ncn(Cc3nc(C4C5CN(c6cncc(C(F)(F)F)c6)CC54)no3)c(=O)c21. The first-order chi connectivity index (χ1) is 15.8. The van der Waals surface area contributed by atoms with E-state index in [1.54, 1.807) is 11.6 Å². The van der Waals surface area contributed by atoms with Gasteiger partial charge in [0.25, 0.3) is 5.56 Å². The van der Waals surface area contributed by atoms with Crippen molar-refractivity contribution in [1.29, 1.82) is 0 Å². The van der Waals surface area contributed by atoms with Crippen LogP contribution < -0.4 is 10.5 Å². The third-order valence-electron chi connectivity index (χ3n) is 6.40. The first-order valence-corrected chi connectivity index (χ1v) is 10.3. The molecule has 0 spiro atoms. The second kappa shape index (κ2) is 6.86. The summed E-state index contributed by atoms with van der Waals surface area (Å²) in [6.45, 7) is 1.29. The molecule has 2 unspecified atom stereocenters. The Morgan fingerprint density at radius 1 is 1.15 bits per heavy atom. The summed E-state index contributed by atoms with van der Waals surface area (Å²) in [6.07, 6.45) is 0.782. The van der Waals surface area contributed by atoms with Gasteiger partial charge in [-0.3, -0.25) is 14.3 Å². The predicted molar refractivity (Wildman–Crippen MR) is 107 cm³/mol. The van der Waals surface area contributed by atoms with E-state index in [0.717, 1.165) is 12.3 Å². The normalized spacial score (nSPS) is 22.2. The van der Waals surface area contributed by atoms with Gasteiger partial charge in [0.15, 0.2) is 17.0 Å². The zero-order chi connectivity index (χ0) is 22.9. The van der Waals surface area contributed by atoms with E-state index in [-0.39, 0.29) is 29.9 Å². The Bertz CT molecular complexity index is 1410. The van der Waals surface area contributed by atoms with Crippen LogP contribution in [0.5, 0.6) is 0 Å². The van der Waals surface area contributed by atoms with Crippen molar-refractivity contribution in [2.75, 3.05) is 18.0 Å². The predicted octanol–water partition coefficient (Wildman–Crippen LogP) is 1.82. The number of hydrogen-bond donors (Lipinski definition) is 0. The highest BCUT2D eigenvalue weighted by Gasteiger charge is 2.58. The molecule has 1 saturated carbocycles. The van der Waals surface area contributed by atoms with Crippen LogP contribution in [-0.4, -0.2) is 47.3 Å². The Hall–Kier alpha value is -3.77. The van der Waals surface area contributed by atoms with Crippen molar-refractivity contribution in [3.63, 3.8) is 0 Å². The molecule has 13 heteroatoms. The molecule has 0 amide bonds. The number of alkyl halides is 3. The lowest BCUT2D eigenvalue weighted by Crippen LogP contribution is -2.24. The maximum atomic E-state index is 13.0. The largest absolute Gasteiger partial charge is 0.417 e.